The predicted octanol–water partition coefficient (Wildman–Crippen LogP) is 2.32. The molecule has 0 aliphatic heterocycles. The van der Waals surface area contributed by atoms with Crippen LogP contribution in [0.4, 0.5) is 14.5 Å². The molecule has 0 fully saturated rings. The number of carbonyl (C=O) groups excluding carboxylic acids is 1. The molecular formula is C16H16F2N2O3S. The van der Waals surface area contributed by atoms with Crippen molar-refractivity contribution in [3.05, 3.63) is 65.2 Å². The summed E-state index contributed by atoms with van der Waals surface area (Å²) in [5.41, 5.74) is 0.668. The molecule has 0 bridgehead atoms. The lowest BCUT2D eigenvalue weighted by Crippen LogP contribution is -2.15. The van der Waals surface area contributed by atoms with E-state index in [1.54, 1.807) is 18.2 Å². The number of primary sulfonamides is 1. The highest BCUT2D eigenvalue weighted by Crippen LogP contribution is 2.16. The molecule has 0 spiro atoms. The van der Waals surface area contributed by atoms with Gasteiger partial charge in [-0.05, 0) is 36.2 Å². The predicted molar refractivity (Wildman–Crippen MR) is 86.6 cm³/mol. The molecule has 8 heteroatoms. The molecule has 0 unspecified atom stereocenters. The molecule has 0 radical (unpaired) electrons. The number of rotatable bonds is 6. The zero-order valence-electron chi connectivity index (χ0n) is 12.6. The highest BCUT2D eigenvalue weighted by molar-refractivity contribution is 7.88. The van der Waals surface area contributed by atoms with Crippen LogP contribution in [0.25, 0.3) is 0 Å². The van der Waals surface area contributed by atoms with Crippen molar-refractivity contribution in [2.24, 2.45) is 5.14 Å². The molecule has 1 amide bonds. The van der Waals surface area contributed by atoms with Crippen LogP contribution >= 0.6 is 0 Å². The van der Waals surface area contributed by atoms with Gasteiger partial charge in [-0.15, -0.1) is 0 Å². The Hall–Kier alpha value is -2.32. The normalized spacial score (nSPS) is 11.3. The van der Waals surface area contributed by atoms with E-state index < -0.39 is 27.6 Å². The second-order valence-corrected chi connectivity index (χ2v) is 6.87. The monoisotopic (exact) mass is 354 g/mol. The maximum Gasteiger partial charge on any atom is 0.224 e. The molecule has 0 saturated carbocycles. The topological polar surface area (TPSA) is 89.3 Å². The van der Waals surface area contributed by atoms with Crippen molar-refractivity contribution in [3.8, 4) is 0 Å². The molecule has 2 aromatic rings. The van der Waals surface area contributed by atoms with E-state index in [2.05, 4.69) is 5.32 Å². The van der Waals surface area contributed by atoms with Gasteiger partial charge in [-0.25, -0.2) is 22.3 Å². The maximum absolute atomic E-state index is 13.5. The molecule has 2 rings (SSSR count). The Kier molecular flexibility index (Phi) is 5.63. The quantitative estimate of drug-likeness (QED) is 0.834. The summed E-state index contributed by atoms with van der Waals surface area (Å²) in [4.78, 5) is 11.9. The van der Waals surface area contributed by atoms with Gasteiger partial charge >= 0.3 is 0 Å². The van der Waals surface area contributed by atoms with Gasteiger partial charge in [0, 0.05) is 17.7 Å². The van der Waals surface area contributed by atoms with E-state index in [-0.39, 0.29) is 24.2 Å². The molecule has 3 N–H and O–H groups in total. The van der Waals surface area contributed by atoms with Gasteiger partial charge in [0.15, 0.2) is 0 Å². The Morgan fingerprint density at radius 1 is 1.08 bits per heavy atom. The minimum atomic E-state index is -3.67. The largest absolute Gasteiger partial charge is 0.326 e. The summed E-state index contributed by atoms with van der Waals surface area (Å²) in [5, 5.41) is 7.53. The van der Waals surface area contributed by atoms with E-state index in [0.717, 1.165) is 12.1 Å². The Bertz CT molecular complexity index is 834. The van der Waals surface area contributed by atoms with Crippen LogP contribution in [0.5, 0.6) is 0 Å². The van der Waals surface area contributed by atoms with Crippen molar-refractivity contribution < 1.29 is 22.0 Å². The number of nitrogens with one attached hydrogen (secondary N) is 1. The van der Waals surface area contributed by atoms with Crippen molar-refractivity contribution >= 4 is 21.6 Å². The number of hydrogen-bond acceptors (Lipinski definition) is 3. The van der Waals surface area contributed by atoms with Gasteiger partial charge in [0.1, 0.15) is 11.6 Å². The minimum Gasteiger partial charge on any atom is -0.326 e. The number of sulfonamides is 1. The fraction of sp³-hybridized carbons (Fsp3) is 0.188. The van der Waals surface area contributed by atoms with Gasteiger partial charge < -0.3 is 5.32 Å². The third-order valence-corrected chi connectivity index (χ3v) is 3.98. The van der Waals surface area contributed by atoms with Crippen LogP contribution < -0.4 is 10.5 Å². The lowest BCUT2D eigenvalue weighted by atomic mass is 10.1. The summed E-state index contributed by atoms with van der Waals surface area (Å²) in [6, 6.07) is 9.72. The molecule has 0 saturated heterocycles. The summed E-state index contributed by atoms with van der Waals surface area (Å²) in [7, 11) is -3.67. The first-order valence-electron chi connectivity index (χ1n) is 7.07. The van der Waals surface area contributed by atoms with Gasteiger partial charge in [-0.2, -0.15) is 0 Å². The first kappa shape index (κ1) is 18.0. The van der Waals surface area contributed by atoms with E-state index in [4.69, 9.17) is 5.14 Å². The lowest BCUT2D eigenvalue weighted by molar-refractivity contribution is -0.116. The number of carbonyl (C=O) groups is 1. The van der Waals surface area contributed by atoms with E-state index >= 15 is 0 Å². The summed E-state index contributed by atoms with van der Waals surface area (Å²) >= 11 is 0. The summed E-state index contributed by atoms with van der Waals surface area (Å²) in [6.07, 6.45) is -0.196. The Balaban J connectivity index is 1.99. The minimum absolute atomic E-state index is 0.0821. The van der Waals surface area contributed by atoms with Crippen LogP contribution in [0, 0.1) is 11.6 Å². The molecule has 0 aliphatic rings. The molecule has 24 heavy (non-hydrogen) atoms. The standard InChI is InChI=1S/C16H16F2N2O3S/c17-14-5-2-6-15(18)13(14)7-8-16(21)20-12-4-1-3-11(9-12)10-24(19,22)23/h1-6,9H,7-8,10H2,(H,20,21)(H2,19,22,23). The molecule has 5 nitrogen and oxygen atoms in total. The van der Waals surface area contributed by atoms with E-state index in [0.29, 0.717) is 11.3 Å². The first-order chi connectivity index (χ1) is 11.2. The first-order valence-corrected chi connectivity index (χ1v) is 8.78. The number of amides is 1. The summed E-state index contributed by atoms with van der Waals surface area (Å²) in [5.74, 6) is -2.18. The van der Waals surface area contributed by atoms with Crippen LogP contribution in [-0.2, 0) is 27.0 Å². The number of anilines is 1. The lowest BCUT2D eigenvalue weighted by Gasteiger charge is -2.08. The third-order valence-electron chi connectivity index (χ3n) is 3.24. The molecule has 0 aromatic heterocycles. The second-order valence-electron chi connectivity index (χ2n) is 5.26. The van der Waals surface area contributed by atoms with E-state index in [1.165, 1.54) is 12.1 Å². The van der Waals surface area contributed by atoms with Gasteiger partial charge in [0.05, 0.1) is 5.75 Å². The third kappa shape index (κ3) is 5.39. The van der Waals surface area contributed by atoms with Gasteiger partial charge in [-0.3, -0.25) is 4.79 Å². The zero-order valence-corrected chi connectivity index (χ0v) is 13.4. The van der Waals surface area contributed by atoms with E-state index in [9.17, 15) is 22.0 Å². The van der Waals surface area contributed by atoms with Crippen LogP contribution in [0.3, 0.4) is 0 Å². The molecule has 128 valence electrons. The Labute approximate surface area is 138 Å². The maximum atomic E-state index is 13.5. The van der Waals surface area contributed by atoms with Crippen LogP contribution in [-0.4, -0.2) is 14.3 Å². The Morgan fingerprint density at radius 2 is 1.71 bits per heavy atom. The Morgan fingerprint density at radius 3 is 2.33 bits per heavy atom. The van der Waals surface area contributed by atoms with Gasteiger partial charge in [-0.1, -0.05) is 18.2 Å². The number of nitrogens with two attached hydrogens (primary N) is 1. The molecule has 0 heterocycles. The average Bonchev–Trinajstić information content (AvgIpc) is 2.45. The van der Waals surface area contributed by atoms with Crippen molar-refractivity contribution in [3.63, 3.8) is 0 Å². The van der Waals surface area contributed by atoms with Crippen molar-refractivity contribution in [1.82, 2.24) is 0 Å². The van der Waals surface area contributed by atoms with Crippen molar-refractivity contribution in [2.45, 2.75) is 18.6 Å². The molecule has 2 aromatic carbocycles. The van der Waals surface area contributed by atoms with Gasteiger partial charge in [0.25, 0.3) is 0 Å². The smallest absolute Gasteiger partial charge is 0.224 e. The highest BCUT2D eigenvalue weighted by atomic mass is 32.2. The van der Waals surface area contributed by atoms with Crippen LogP contribution in [0.1, 0.15) is 17.5 Å². The van der Waals surface area contributed by atoms with Crippen LogP contribution in [0.2, 0.25) is 0 Å². The summed E-state index contributed by atoms with van der Waals surface area (Å²) in [6.45, 7) is 0. The fourth-order valence-corrected chi connectivity index (χ4v) is 2.85. The van der Waals surface area contributed by atoms with Crippen molar-refractivity contribution in [2.75, 3.05) is 5.32 Å². The average molecular weight is 354 g/mol. The van der Waals surface area contributed by atoms with E-state index in [1.807, 2.05) is 0 Å². The number of halogens is 2. The van der Waals surface area contributed by atoms with Crippen LogP contribution in [0.15, 0.2) is 42.5 Å². The summed E-state index contributed by atoms with van der Waals surface area (Å²) < 4.78 is 49.1. The molecule has 0 aliphatic carbocycles. The second kappa shape index (κ2) is 7.50. The van der Waals surface area contributed by atoms with Gasteiger partial charge in [0.2, 0.25) is 15.9 Å². The SMILES string of the molecule is NS(=O)(=O)Cc1cccc(NC(=O)CCc2c(F)cccc2F)c1. The number of benzene rings is 2. The number of hydrogen-bond donors (Lipinski definition) is 2. The van der Waals surface area contributed by atoms with Crippen molar-refractivity contribution in [1.29, 1.82) is 0 Å². The zero-order chi connectivity index (χ0) is 17.7. The fourth-order valence-electron chi connectivity index (χ4n) is 2.20. The molecule has 0 atom stereocenters. The highest BCUT2D eigenvalue weighted by Gasteiger charge is 2.11. The molecular weight excluding hydrogens is 338 g/mol.